The molecule has 1 saturated heterocycles. The van der Waals surface area contributed by atoms with Crippen molar-refractivity contribution in [3.63, 3.8) is 0 Å². The largest absolute Gasteiger partial charge is 0.376 e. The Bertz CT molecular complexity index is 700. The minimum atomic E-state index is -0.0522. The van der Waals surface area contributed by atoms with Crippen LogP contribution in [-0.2, 0) is 4.74 Å². The van der Waals surface area contributed by atoms with Gasteiger partial charge in [-0.15, -0.1) is 0 Å². The van der Waals surface area contributed by atoms with Gasteiger partial charge in [0.1, 0.15) is 0 Å². The Morgan fingerprint density at radius 2 is 1.92 bits per heavy atom. The SMILES string of the molecule is CN(C)CCN(C[C@@H]1CCCO1)C(=O)c1cnc(-c2ccncc2)nc1. The zero-order valence-corrected chi connectivity index (χ0v) is 15.3. The van der Waals surface area contributed by atoms with Crippen molar-refractivity contribution in [3.05, 3.63) is 42.5 Å². The Hall–Kier alpha value is -2.38. The van der Waals surface area contributed by atoms with Gasteiger partial charge in [0.15, 0.2) is 5.82 Å². The van der Waals surface area contributed by atoms with Crippen molar-refractivity contribution in [3.8, 4) is 11.4 Å². The van der Waals surface area contributed by atoms with Crippen molar-refractivity contribution < 1.29 is 9.53 Å². The topological polar surface area (TPSA) is 71.5 Å². The lowest BCUT2D eigenvalue weighted by Crippen LogP contribution is -2.41. The first kappa shape index (κ1) is 18.4. The highest BCUT2D eigenvalue weighted by Crippen LogP contribution is 2.16. The van der Waals surface area contributed by atoms with Crippen LogP contribution in [0.2, 0.25) is 0 Å². The third-order valence-electron chi connectivity index (χ3n) is 4.39. The van der Waals surface area contributed by atoms with Crippen LogP contribution in [0.4, 0.5) is 0 Å². The number of rotatable bonds is 7. The van der Waals surface area contributed by atoms with Crippen molar-refractivity contribution in [2.75, 3.05) is 40.3 Å². The van der Waals surface area contributed by atoms with E-state index in [9.17, 15) is 4.79 Å². The molecule has 3 rings (SSSR count). The van der Waals surface area contributed by atoms with Crippen LogP contribution in [0.1, 0.15) is 23.2 Å². The maximum absolute atomic E-state index is 13.0. The molecule has 0 radical (unpaired) electrons. The summed E-state index contributed by atoms with van der Waals surface area (Å²) < 4.78 is 5.71. The molecule has 1 amide bonds. The summed E-state index contributed by atoms with van der Waals surface area (Å²) in [5, 5.41) is 0. The van der Waals surface area contributed by atoms with Gasteiger partial charge in [0.05, 0.1) is 11.7 Å². The van der Waals surface area contributed by atoms with E-state index in [2.05, 4.69) is 19.9 Å². The molecule has 138 valence electrons. The van der Waals surface area contributed by atoms with Crippen LogP contribution in [0.3, 0.4) is 0 Å². The normalized spacial score (nSPS) is 16.8. The Balaban J connectivity index is 1.72. The molecule has 1 aliphatic heterocycles. The summed E-state index contributed by atoms with van der Waals surface area (Å²) >= 11 is 0. The summed E-state index contributed by atoms with van der Waals surface area (Å²) in [5.74, 6) is 0.534. The van der Waals surface area contributed by atoms with Crippen LogP contribution in [0.5, 0.6) is 0 Å². The monoisotopic (exact) mass is 355 g/mol. The number of ether oxygens (including phenoxy) is 1. The zero-order chi connectivity index (χ0) is 18.4. The van der Waals surface area contributed by atoms with Gasteiger partial charge in [-0.1, -0.05) is 0 Å². The lowest BCUT2D eigenvalue weighted by atomic mass is 10.2. The van der Waals surface area contributed by atoms with E-state index < -0.39 is 0 Å². The van der Waals surface area contributed by atoms with Crippen LogP contribution in [0.15, 0.2) is 36.9 Å². The van der Waals surface area contributed by atoms with E-state index in [0.29, 0.717) is 24.5 Å². The molecule has 1 fully saturated rings. The maximum Gasteiger partial charge on any atom is 0.257 e. The Labute approximate surface area is 154 Å². The Kier molecular flexibility index (Phi) is 6.25. The molecule has 2 aromatic heterocycles. The molecular formula is C19H25N5O2. The predicted octanol–water partition coefficient (Wildman–Crippen LogP) is 1.72. The van der Waals surface area contributed by atoms with Gasteiger partial charge in [0.2, 0.25) is 0 Å². The van der Waals surface area contributed by atoms with Gasteiger partial charge in [-0.05, 0) is 39.1 Å². The second kappa shape index (κ2) is 8.82. The van der Waals surface area contributed by atoms with Crippen molar-refractivity contribution in [2.45, 2.75) is 18.9 Å². The van der Waals surface area contributed by atoms with Gasteiger partial charge in [0, 0.05) is 56.6 Å². The van der Waals surface area contributed by atoms with Crippen LogP contribution < -0.4 is 0 Å². The molecule has 3 heterocycles. The third-order valence-corrected chi connectivity index (χ3v) is 4.39. The fourth-order valence-electron chi connectivity index (χ4n) is 2.90. The van der Waals surface area contributed by atoms with Gasteiger partial charge in [-0.2, -0.15) is 0 Å². The van der Waals surface area contributed by atoms with Gasteiger partial charge in [-0.3, -0.25) is 9.78 Å². The van der Waals surface area contributed by atoms with Crippen LogP contribution in [0.25, 0.3) is 11.4 Å². The van der Waals surface area contributed by atoms with E-state index in [4.69, 9.17) is 4.74 Å². The molecule has 0 unspecified atom stereocenters. The molecule has 7 nitrogen and oxygen atoms in total. The average molecular weight is 355 g/mol. The molecule has 0 spiro atoms. The van der Waals surface area contributed by atoms with Gasteiger partial charge >= 0.3 is 0 Å². The minimum Gasteiger partial charge on any atom is -0.376 e. The van der Waals surface area contributed by atoms with Crippen molar-refractivity contribution in [1.29, 1.82) is 0 Å². The highest BCUT2D eigenvalue weighted by molar-refractivity contribution is 5.93. The first-order chi connectivity index (χ1) is 12.6. The lowest BCUT2D eigenvalue weighted by molar-refractivity contribution is 0.0511. The summed E-state index contributed by atoms with van der Waals surface area (Å²) in [5.41, 5.74) is 1.38. The molecule has 2 aromatic rings. The minimum absolute atomic E-state index is 0.0522. The number of likely N-dealkylation sites (N-methyl/N-ethyl adjacent to an activating group) is 1. The second-order valence-electron chi connectivity index (χ2n) is 6.72. The predicted molar refractivity (Wildman–Crippen MR) is 98.7 cm³/mol. The molecule has 1 aliphatic rings. The molecule has 0 saturated carbocycles. The van der Waals surface area contributed by atoms with Gasteiger partial charge < -0.3 is 14.5 Å². The number of aromatic nitrogens is 3. The van der Waals surface area contributed by atoms with Crippen molar-refractivity contribution in [1.82, 2.24) is 24.8 Å². The second-order valence-corrected chi connectivity index (χ2v) is 6.72. The molecule has 0 N–H and O–H groups in total. The summed E-state index contributed by atoms with van der Waals surface area (Å²) in [6, 6.07) is 3.69. The van der Waals surface area contributed by atoms with Crippen molar-refractivity contribution in [2.24, 2.45) is 0 Å². The van der Waals surface area contributed by atoms with Crippen LogP contribution >= 0.6 is 0 Å². The molecule has 26 heavy (non-hydrogen) atoms. The van der Waals surface area contributed by atoms with E-state index in [-0.39, 0.29) is 12.0 Å². The van der Waals surface area contributed by atoms with Gasteiger partial charge in [-0.25, -0.2) is 9.97 Å². The number of pyridine rings is 1. The summed E-state index contributed by atoms with van der Waals surface area (Å²) in [6.07, 6.45) is 8.78. The summed E-state index contributed by atoms with van der Waals surface area (Å²) in [6.45, 7) is 2.84. The quantitative estimate of drug-likeness (QED) is 0.753. The highest BCUT2D eigenvalue weighted by atomic mass is 16.5. The number of hydrogen-bond acceptors (Lipinski definition) is 6. The first-order valence-electron chi connectivity index (χ1n) is 8.91. The molecular weight excluding hydrogens is 330 g/mol. The fraction of sp³-hybridized carbons (Fsp3) is 0.474. The van der Waals surface area contributed by atoms with E-state index in [1.54, 1.807) is 24.8 Å². The Morgan fingerprint density at radius 1 is 1.19 bits per heavy atom. The Morgan fingerprint density at radius 3 is 2.54 bits per heavy atom. The molecule has 0 aliphatic carbocycles. The molecule has 0 bridgehead atoms. The fourth-order valence-corrected chi connectivity index (χ4v) is 2.90. The number of carbonyl (C=O) groups excluding carboxylic acids is 1. The number of amides is 1. The number of nitrogens with zero attached hydrogens (tertiary/aromatic N) is 5. The maximum atomic E-state index is 13.0. The summed E-state index contributed by atoms with van der Waals surface area (Å²) in [7, 11) is 4.00. The third kappa shape index (κ3) is 4.83. The first-order valence-corrected chi connectivity index (χ1v) is 8.91. The van der Waals surface area contributed by atoms with E-state index in [0.717, 1.165) is 31.6 Å². The van der Waals surface area contributed by atoms with E-state index in [1.807, 2.05) is 31.1 Å². The van der Waals surface area contributed by atoms with Crippen LogP contribution in [0, 0.1) is 0 Å². The average Bonchev–Trinajstić information content (AvgIpc) is 3.18. The van der Waals surface area contributed by atoms with E-state index in [1.165, 1.54) is 0 Å². The van der Waals surface area contributed by atoms with Gasteiger partial charge in [0.25, 0.3) is 5.91 Å². The molecule has 7 heteroatoms. The standard InChI is InChI=1S/C19H25N5O2/c1-23(2)9-10-24(14-17-4-3-11-26-17)19(25)16-12-21-18(22-13-16)15-5-7-20-8-6-15/h5-8,12-13,17H,3-4,9-11,14H2,1-2H3/t17-/m0/s1. The van der Waals surface area contributed by atoms with E-state index >= 15 is 0 Å². The number of carbonyl (C=O) groups is 1. The van der Waals surface area contributed by atoms with Crippen molar-refractivity contribution >= 4 is 5.91 Å². The lowest BCUT2D eigenvalue weighted by Gasteiger charge is -2.26. The zero-order valence-electron chi connectivity index (χ0n) is 15.3. The molecule has 0 aromatic carbocycles. The number of hydrogen-bond donors (Lipinski definition) is 0. The summed E-state index contributed by atoms with van der Waals surface area (Å²) in [4.78, 5) is 29.6. The smallest absolute Gasteiger partial charge is 0.257 e. The molecule has 1 atom stereocenters. The van der Waals surface area contributed by atoms with Crippen LogP contribution in [-0.4, -0.2) is 77.1 Å². The highest BCUT2D eigenvalue weighted by Gasteiger charge is 2.24.